The molecule has 3 aromatic heterocycles. The molecule has 118 valence electrons. The molecule has 23 heavy (non-hydrogen) atoms. The number of rotatable bonds is 5. The van der Waals surface area contributed by atoms with Crippen molar-refractivity contribution < 1.29 is 5.11 Å². The van der Waals surface area contributed by atoms with Gasteiger partial charge in [-0.15, -0.1) is 11.3 Å². The van der Waals surface area contributed by atoms with E-state index in [-0.39, 0.29) is 12.1 Å². The molecule has 5 nitrogen and oxygen atoms in total. The second-order valence-electron chi connectivity index (χ2n) is 6.02. The number of hydrogen-bond acceptors (Lipinski definition) is 6. The molecule has 0 saturated heterocycles. The Labute approximate surface area is 138 Å². The molecule has 1 aliphatic carbocycles. The topological polar surface area (TPSA) is 70.9 Å². The van der Waals surface area contributed by atoms with Crippen LogP contribution >= 0.6 is 11.3 Å². The van der Waals surface area contributed by atoms with Crippen molar-refractivity contribution in [1.29, 1.82) is 0 Å². The highest BCUT2D eigenvalue weighted by atomic mass is 32.1. The maximum absolute atomic E-state index is 9.67. The fourth-order valence-electron chi connectivity index (χ4n) is 3.11. The van der Waals surface area contributed by atoms with Crippen LogP contribution in [0.1, 0.15) is 18.5 Å². The molecule has 1 unspecified atom stereocenters. The van der Waals surface area contributed by atoms with Gasteiger partial charge in [0.15, 0.2) is 0 Å². The molecule has 3 heterocycles. The lowest BCUT2D eigenvalue weighted by Crippen LogP contribution is -2.42. The van der Waals surface area contributed by atoms with E-state index in [1.807, 2.05) is 35.8 Å². The van der Waals surface area contributed by atoms with Gasteiger partial charge in [0.25, 0.3) is 0 Å². The summed E-state index contributed by atoms with van der Waals surface area (Å²) in [7, 11) is 0. The Morgan fingerprint density at radius 2 is 2.13 bits per heavy atom. The maximum Gasteiger partial charge on any atom is 0.147 e. The molecule has 4 rings (SSSR count). The molecule has 1 fully saturated rings. The monoisotopic (exact) mass is 326 g/mol. The maximum atomic E-state index is 9.67. The van der Waals surface area contributed by atoms with Gasteiger partial charge in [0.2, 0.25) is 0 Å². The first-order chi connectivity index (χ1) is 11.3. The summed E-state index contributed by atoms with van der Waals surface area (Å²) in [5, 5.41) is 15.3. The van der Waals surface area contributed by atoms with Crippen molar-refractivity contribution in [3.05, 3.63) is 47.9 Å². The van der Waals surface area contributed by atoms with Gasteiger partial charge in [-0.25, -0.2) is 9.97 Å². The van der Waals surface area contributed by atoms with Gasteiger partial charge >= 0.3 is 0 Å². The van der Waals surface area contributed by atoms with Crippen LogP contribution in [0, 0.1) is 5.92 Å². The third-order valence-electron chi connectivity index (χ3n) is 4.44. The molecule has 1 aliphatic rings. The predicted molar refractivity (Wildman–Crippen MR) is 91.5 cm³/mol. The van der Waals surface area contributed by atoms with Crippen LogP contribution in [-0.2, 0) is 6.42 Å². The molecule has 0 spiro atoms. The van der Waals surface area contributed by atoms with E-state index in [1.54, 1.807) is 17.7 Å². The summed E-state index contributed by atoms with van der Waals surface area (Å²) in [6, 6.07) is 8.21. The minimum absolute atomic E-state index is 0.166. The Hall–Kier alpha value is -2.05. The highest BCUT2D eigenvalue weighted by Gasteiger charge is 2.34. The van der Waals surface area contributed by atoms with Crippen LogP contribution in [0.4, 0.5) is 5.82 Å². The lowest BCUT2D eigenvalue weighted by Gasteiger charge is -2.38. The van der Waals surface area contributed by atoms with Crippen molar-refractivity contribution in [2.45, 2.75) is 31.4 Å². The lowest BCUT2D eigenvalue weighted by atomic mass is 9.76. The summed E-state index contributed by atoms with van der Waals surface area (Å²) in [5.74, 6) is 1.32. The van der Waals surface area contributed by atoms with Crippen molar-refractivity contribution in [2.24, 2.45) is 5.92 Å². The highest BCUT2D eigenvalue weighted by Crippen LogP contribution is 2.34. The zero-order valence-corrected chi connectivity index (χ0v) is 13.4. The van der Waals surface area contributed by atoms with Gasteiger partial charge in [0.1, 0.15) is 12.1 Å². The summed E-state index contributed by atoms with van der Waals surface area (Å²) in [6.07, 6.45) is 5.76. The largest absolute Gasteiger partial charge is 0.393 e. The Kier molecular flexibility index (Phi) is 3.93. The number of thiophene rings is 1. The average molecular weight is 326 g/mol. The van der Waals surface area contributed by atoms with Gasteiger partial charge in [-0.3, -0.25) is 4.98 Å². The van der Waals surface area contributed by atoms with Gasteiger partial charge in [-0.1, -0.05) is 6.07 Å². The van der Waals surface area contributed by atoms with Crippen LogP contribution in [0.3, 0.4) is 0 Å². The van der Waals surface area contributed by atoms with Crippen LogP contribution in [0.15, 0.2) is 42.2 Å². The average Bonchev–Trinajstić information content (AvgIpc) is 3.02. The molecule has 1 atom stereocenters. The molecule has 0 aliphatic heterocycles. The van der Waals surface area contributed by atoms with Crippen molar-refractivity contribution in [1.82, 2.24) is 15.0 Å². The summed E-state index contributed by atoms with van der Waals surface area (Å²) < 4.78 is 1.08. The van der Waals surface area contributed by atoms with Crippen LogP contribution in [0.2, 0.25) is 0 Å². The van der Waals surface area contributed by atoms with Gasteiger partial charge in [0, 0.05) is 24.4 Å². The van der Waals surface area contributed by atoms with E-state index in [4.69, 9.17) is 0 Å². The third-order valence-corrected chi connectivity index (χ3v) is 5.35. The smallest absolute Gasteiger partial charge is 0.147 e. The molecule has 3 aromatic rings. The number of fused-ring (bicyclic) bond motifs is 1. The number of nitrogens with one attached hydrogen (secondary N) is 1. The van der Waals surface area contributed by atoms with Crippen LogP contribution in [0.25, 0.3) is 10.2 Å². The van der Waals surface area contributed by atoms with Crippen molar-refractivity contribution in [3.8, 4) is 0 Å². The number of aliphatic hydroxyl groups is 1. The van der Waals surface area contributed by atoms with E-state index in [1.165, 1.54) is 0 Å². The SMILES string of the molecule is OC1CC(C(Cc2ccccn2)Nc2ncnc3ccsc23)C1. The molecule has 0 aromatic carbocycles. The van der Waals surface area contributed by atoms with E-state index >= 15 is 0 Å². The second-order valence-corrected chi connectivity index (χ2v) is 6.93. The van der Waals surface area contributed by atoms with E-state index in [2.05, 4.69) is 20.3 Å². The third kappa shape index (κ3) is 3.04. The fourth-order valence-corrected chi connectivity index (χ4v) is 3.90. The standard InChI is InChI=1S/C17H18N4OS/c22-13-7-11(8-13)15(9-12-3-1-2-5-18-12)21-17-16-14(4-6-23-16)19-10-20-17/h1-6,10-11,13,15,22H,7-9H2,(H,19,20,21). The molecule has 2 N–H and O–H groups in total. The van der Waals surface area contributed by atoms with E-state index in [9.17, 15) is 5.11 Å². The summed E-state index contributed by atoms with van der Waals surface area (Å²) in [4.78, 5) is 13.2. The molecule has 0 bridgehead atoms. The Balaban J connectivity index is 1.59. The molecule has 0 radical (unpaired) electrons. The van der Waals surface area contributed by atoms with Crippen molar-refractivity contribution in [3.63, 3.8) is 0 Å². The zero-order chi connectivity index (χ0) is 15.6. The minimum atomic E-state index is -0.166. The van der Waals surface area contributed by atoms with Crippen molar-refractivity contribution >= 4 is 27.4 Å². The van der Waals surface area contributed by atoms with E-state index in [0.29, 0.717) is 5.92 Å². The number of nitrogens with zero attached hydrogens (tertiary/aromatic N) is 3. The predicted octanol–water partition coefficient (Wildman–Crippen LogP) is 2.88. The first-order valence-electron chi connectivity index (χ1n) is 7.82. The number of anilines is 1. The molecule has 0 amide bonds. The number of pyridine rings is 1. The normalized spacial score (nSPS) is 21.8. The molecular formula is C17H18N4OS. The number of aromatic nitrogens is 3. The first kappa shape index (κ1) is 14.5. The van der Waals surface area contributed by atoms with Gasteiger partial charge in [0.05, 0.1) is 16.3 Å². The summed E-state index contributed by atoms with van der Waals surface area (Å²) in [6.45, 7) is 0. The van der Waals surface area contributed by atoms with Crippen LogP contribution < -0.4 is 5.32 Å². The first-order valence-corrected chi connectivity index (χ1v) is 8.70. The fraction of sp³-hybridized carbons (Fsp3) is 0.353. The highest BCUT2D eigenvalue weighted by molar-refractivity contribution is 7.17. The van der Waals surface area contributed by atoms with E-state index in [0.717, 1.165) is 41.0 Å². The van der Waals surface area contributed by atoms with Gasteiger partial charge < -0.3 is 10.4 Å². The Morgan fingerprint density at radius 1 is 1.22 bits per heavy atom. The zero-order valence-electron chi connectivity index (χ0n) is 12.6. The Bertz CT molecular complexity index is 785. The quantitative estimate of drug-likeness (QED) is 0.754. The van der Waals surface area contributed by atoms with E-state index < -0.39 is 0 Å². The second kappa shape index (κ2) is 6.22. The van der Waals surface area contributed by atoms with Crippen molar-refractivity contribution in [2.75, 3.05) is 5.32 Å². The molecule has 6 heteroatoms. The number of aliphatic hydroxyl groups excluding tert-OH is 1. The molecule has 1 saturated carbocycles. The summed E-state index contributed by atoms with van der Waals surface area (Å²) in [5.41, 5.74) is 2.03. The van der Waals surface area contributed by atoms with Gasteiger partial charge in [-0.2, -0.15) is 0 Å². The minimum Gasteiger partial charge on any atom is -0.393 e. The summed E-state index contributed by atoms with van der Waals surface area (Å²) >= 11 is 1.65. The van der Waals surface area contributed by atoms with Gasteiger partial charge in [-0.05, 0) is 42.3 Å². The molecular weight excluding hydrogens is 308 g/mol. The lowest BCUT2D eigenvalue weighted by molar-refractivity contribution is 0.0341. The van der Waals surface area contributed by atoms with Crippen LogP contribution in [0.5, 0.6) is 0 Å². The van der Waals surface area contributed by atoms with Crippen LogP contribution in [-0.4, -0.2) is 32.2 Å². The Morgan fingerprint density at radius 3 is 2.91 bits per heavy atom. The number of hydrogen-bond donors (Lipinski definition) is 2.